The summed E-state index contributed by atoms with van der Waals surface area (Å²) in [6.07, 6.45) is -3.05. The lowest BCUT2D eigenvalue weighted by atomic mass is 9.89. The summed E-state index contributed by atoms with van der Waals surface area (Å²) >= 11 is 18.5. The van der Waals surface area contributed by atoms with Crippen LogP contribution in [0.15, 0.2) is 34.7 Å². The summed E-state index contributed by atoms with van der Waals surface area (Å²) in [7, 11) is 0. The number of fused-ring (bicyclic) bond motifs is 1. The molecule has 2 aliphatic rings. The van der Waals surface area contributed by atoms with Gasteiger partial charge in [-0.2, -0.15) is 13.2 Å². The summed E-state index contributed by atoms with van der Waals surface area (Å²) in [5.41, 5.74) is 2.91. The number of nitrogens with one attached hydrogen (secondary N) is 1. The molecule has 32 heavy (non-hydrogen) atoms. The Hall–Kier alpha value is -1.41. The van der Waals surface area contributed by atoms with Gasteiger partial charge in [-0.25, -0.2) is 4.40 Å². The third kappa shape index (κ3) is 4.13. The monoisotopic (exact) mass is 520 g/mol. The second kappa shape index (κ2) is 8.75. The number of hydrogen-bond donors (Lipinski definition) is 1. The molecule has 1 aliphatic carbocycles. The van der Waals surface area contributed by atoms with Crippen molar-refractivity contribution in [2.75, 3.05) is 0 Å². The van der Waals surface area contributed by atoms with Crippen LogP contribution in [0.4, 0.5) is 13.2 Å². The molecule has 0 aromatic heterocycles. The van der Waals surface area contributed by atoms with Gasteiger partial charge >= 0.3 is 6.18 Å². The van der Waals surface area contributed by atoms with Crippen molar-refractivity contribution in [3.8, 4) is 0 Å². The van der Waals surface area contributed by atoms with E-state index in [9.17, 15) is 18.0 Å². The number of carbonyl (C=O) groups excluding carboxylic acids is 1. The first-order valence-electron chi connectivity index (χ1n) is 9.95. The Kier molecular flexibility index (Phi) is 6.49. The zero-order chi connectivity index (χ0) is 23.3. The van der Waals surface area contributed by atoms with Crippen LogP contribution >= 0.6 is 46.8 Å². The molecule has 0 spiro atoms. The summed E-state index contributed by atoms with van der Waals surface area (Å²) in [5.74, 6) is -0.0289. The molecule has 1 amide bonds. The zero-order valence-corrected chi connectivity index (χ0v) is 19.9. The molecule has 1 heterocycles. The quantitative estimate of drug-likeness (QED) is 0.335. The summed E-state index contributed by atoms with van der Waals surface area (Å²) in [6.45, 7) is 1.79. The molecule has 4 rings (SSSR count). The highest BCUT2D eigenvalue weighted by atomic mass is 35.5. The van der Waals surface area contributed by atoms with Gasteiger partial charge in [0.05, 0.1) is 26.8 Å². The molecule has 1 aliphatic heterocycles. The van der Waals surface area contributed by atoms with Crippen molar-refractivity contribution in [2.24, 2.45) is 4.40 Å². The minimum Gasteiger partial charge on any atom is -0.349 e. The van der Waals surface area contributed by atoms with Crippen molar-refractivity contribution in [1.29, 1.82) is 0 Å². The number of rotatable bonds is 4. The van der Waals surface area contributed by atoms with Crippen molar-refractivity contribution in [3.05, 3.63) is 67.7 Å². The van der Waals surface area contributed by atoms with E-state index in [1.807, 2.05) is 12.1 Å². The molecule has 2 atom stereocenters. The number of hydrogen-bond acceptors (Lipinski definition) is 3. The van der Waals surface area contributed by atoms with Crippen LogP contribution in [-0.2, 0) is 16.0 Å². The topological polar surface area (TPSA) is 41.5 Å². The Balaban J connectivity index is 1.65. The van der Waals surface area contributed by atoms with Gasteiger partial charge in [0.15, 0.2) is 4.75 Å². The standard InChI is InChI=1S/C22H18Cl3F3N2OS/c1-2-19(31)29-17-6-4-11-7-12(3-5-14(11)17)18-10-21(32-30-18,22(26,27)28)13-8-15(23)20(25)16(24)9-13/h3,5,7-9,17H,2,4,6,10H2,1H3,(H,29,31). The van der Waals surface area contributed by atoms with E-state index in [2.05, 4.69) is 9.71 Å². The van der Waals surface area contributed by atoms with E-state index in [0.717, 1.165) is 24.0 Å². The maximum absolute atomic E-state index is 14.3. The van der Waals surface area contributed by atoms with E-state index in [0.29, 0.717) is 29.6 Å². The number of aryl methyl sites for hydroxylation is 1. The fraction of sp³-hybridized carbons (Fsp3) is 0.364. The molecule has 10 heteroatoms. The molecule has 2 aromatic carbocycles. The maximum Gasteiger partial charge on any atom is 0.409 e. The SMILES string of the molecule is CCC(=O)NC1CCc2cc(C3=NSC(c4cc(Cl)c(Cl)c(Cl)c4)(C(F)(F)F)C3)ccc21. The molecule has 2 unspecified atom stereocenters. The predicted molar refractivity (Wildman–Crippen MR) is 124 cm³/mol. The van der Waals surface area contributed by atoms with Gasteiger partial charge < -0.3 is 5.32 Å². The first-order valence-corrected chi connectivity index (χ1v) is 11.9. The number of alkyl halides is 3. The number of carbonyl (C=O) groups is 1. The van der Waals surface area contributed by atoms with Crippen LogP contribution in [0.5, 0.6) is 0 Å². The highest BCUT2D eigenvalue weighted by Crippen LogP contribution is 2.57. The van der Waals surface area contributed by atoms with Gasteiger partial charge in [0.1, 0.15) is 0 Å². The second-order valence-corrected chi connectivity index (χ2v) is 10.1. The van der Waals surface area contributed by atoms with E-state index in [1.54, 1.807) is 13.0 Å². The first kappa shape index (κ1) is 23.7. The van der Waals surface area contributed by atoms with Crippen molar-refractivity contribution in [2.45, 2.75) is 49.6 Å². The maximum atomic E-state index is 14.3. The zero-order valence-electron chi connectivity index (χ0n) is 16.8. The lowest BCUT2D eigenvalue weighted by Crippen LogP contribution is -2.38. The molecule has 170 valence electrons. The van der Waals surface area contributed by atoms with Gasteiger partial charge in [0.2, 0.25) is 5.91 Å². The van der Waals surface area contributed by atoms with E-state index < -0.39 is 10.9 Å². The smallest absolute Gasteiger partial charge is 0.349 e. The fourth-order valence-electron chi connectivity index (χ4n) is 4.09. The minimum absolute atomic E-state index is 0.0156. The molecule has 0 radical (unpaired) electrons. The number of nitrogens with zero attached hydrogens (tertiary/aromatic N) is 1. The Morgan fingerprint density at radius 2 is 1.91 bits per heavy atom. The third-order valence-electron chi connectivity index (χ3n) is 5.85. The van der Waals surface area contributed by atoms with Crippen LogP contribution in [0.3, 0.4) is 0 Å². The molecule has 0 fully saturated rings. The van der Waals surface area contributed by atoms with Gasteiger partial charge in [-0.15, -0.1) is 0 Å². The van der Waals surface area contributed by atoms with E-state index in [4.69, 9.17) is 34.8 Å². The summed E-state index contributed by atoms with van der Waals surface area (Å²) in [6, 6.07) is 7.86. The van der Waals surface area contributed by atoms with Crippen molar-refractivity contribution in [3.63, 3.8) is 0 Å². The molecule has 0 bridgehead atoms. The van der Waals surface area contributed by atoms with Gasteiger partial charge in [-0.1, -0.05) is 53.9 Å². The Morgan fingerprint density at radius 3 is 2.53 bits per heavy atom. The Bertz CT molecular complexity index is 1100. The molecular weight excluding hydrogens is 504 g/mol. The average Bonchev–Trinajstić information content (AvgIpc) is 3.36. The van der Waals surface area contributed by atoms with Gasteiger partial charge in [-0.3, -0.25) is 4.79 Å². The Labute approximate surface area is 202 Å². The molecule has 0 saturated carbocycles. The van der Waals surface area contributed by atoms with E-state index >= 15 is 0 Å². The molecule has 2 aromatic rings. The van der Waals surface area contributed by atoms with Crippen LogP contribution in [0.2, 0.25) is 15.1 Å². The summed E-state index contributed by atoms with van der Waals surface area (Å²) < 4.78 is 44.9. The summed E-state index contributed by atoms with van der Waals surface area (Å²) in [5, 5.41) is 2.93. The van der Waals surface area contributed by atoms with Crippen LogP contribution in [0, 0.1) is 0 Å². The van der Waals surface area contributed by atoms with E-state index in [1.165, 1.54) is 12.1 Å². The largest absolute Gasteiger partial charge is 0.409 e. The van der Waals surface area contributed by atoms with Crippen LogP contribution in [-0.4, -0.2) is 17.8 Å². The number of amides is 1. The van der Waals surface area contributed by atoms with Gasteiger partial charge in [-0.05, 0) is 65.2 Å². The first-order chi connectivity index (χ1) is 15.1. The lowest BCUT2D eigenvalue weighted by molar-refractivity contribution is -0.159. The summed E-state index contributed by atoms with van der Waals surface area (Å²) in [4.78, 5) is 11.8. The predicted octanol–water partition coefficient (Wildman–Crippen LogP) is 7.46. The average molecular weight is 522 g/mol. The van der Waals surface area contributed by atoms with Gasteiger partial charge in [0, 0.05) is 12.8 Å². The molecule has 0 saturated heterocycles. The normalized spacial score (nSPS) is 22.6. The third-order valence-corrected chi connectivity index (χ3v) is 8.28. The molecular formula is C22H18Cl3F3N2OS. The second-order valence-electron chi connectivity index (χ2n) is 7.81. The minimum atomic E-state index is -4.60. The highest BCUT2D eigenvalue weighted by molar-refractivity contribution is 7.99. The van der Waals surface area contributed by atoms with Crippen molar-refractivity contribution >= 4 is 58.4 Å². The van der Waals surface area contributed by atoms with Gasteiger partial charge in [0.25, 0.3) is 0 Å². The number of benzene rings is 2. The highest BCUT2D eigenvalue weighted by Gasteiger charge is 2.60. The van der Waals surface area contributed by atoms with E-state index in [-0.39, 0.29) is 39.0 Å². The van der Waals surface area contributed by atoms with Crippen LogP contribution in [0.25, 0.3) is 0 Å². The number of halogens is 6. The van der Waals surface area contributed by atoms with Crippen LogP contribution in [0.1, 0.15) is 54.5 Å². The lowest BCUT2D eigenvalue weighted by Gasteiger charge is -2.30. The fourth-order valence-corrected chi connectivity index (χ4v) is 5.65. The van der Waals surface area contributed by atoms with Crippen molar-refractivity contribution in [1.82, 2.24) is 5.32 Å². The molecule has 3 nitrogen and oxygen atoms in total. The van der Waals surface area contributed by atoms with Crippen LogP contribution < -0.4 is 5.32 Å². The van der Waals surface area contributed by atoms with Crippen molar-refractivity contribution < 1.29 is 18.0 Å². The molecule has 1 N–H and O–H groups in total. The Morgan fingerprint density at radius 1 is 1.22 bits per heavy atom.